The Kier molecular flexibility index (Phi) is 4.29. The molecule has 116 valence electrons. The van der Waals surface area contributed by atoms with E-state index in [4.69, 9.17) is 0 Å². The van der Waals surface area contributed by atoms with Crippen LogP contribution in [0.1, 0.15) is 32.1 Å². The highest BCUT2D eigenvalue weighted by molar-refractivity contribution is 5.85. The molecule has 0 saturated carbocycles. The van der Waals surface area contributed by atoms with Crippen molar-refractivity contribution in [3.05, 3.63) is 12.2 Å². The molecule has 1 N–H and O–H groups in total. The second kappa shape index (κ2) is 6.18. The summed E-state index contributed by atoms with van der Waals surface area (Å²) in [5, 5.41) is 9.33. The van der Waals surface area contributed by atoms with Crippen molar-refractivity contribution in [2.45, 2.75) is 38.1 Å². The molecule has 0 aromatic heterocycles. The van der Waals surface area contributed by atoms with Gasteiger partial charge >= 0.3 is 5.97 Å². The lowest BCUT2D eigenvalue weighted by molar-refractivity contribution is -0.152. The Morgan fingerprint density at radius 3 is 2.52 bits per heavy atom. The number of hydrogen-bond acceptors (Lipinski definition) is 3. The SMILES string of the molecule is O=C(O)C1CC=CCC1C(=O)N1CCN2CCCCC2C1. The Balaban J connectivity index is 1.67. The molecule has 21 heavy (non-hydrogen) atoms. The van der Waals surface area contributed by atoms with Crippen LogP contribution in [0.4, 0.5) is 0 Å². The first kappa shape index (κ1) is 14.6. The summed E-state index contributed by atoms with van der Waals surface area (Å²) in [5.74, 6) is -1.71. The van der Waals surface area contributed by atoms with Crippen molar-refractivity contribution < 1.29 is 14.7 Å². The van der Waals surface area contributed by atoms with Crippen LogP contribution in [0.15, 0.2) is 12.2 Å². The predicted molar refractivity (Wildman–Crippen MR) is 78.8 cm³/mol. The Labute approximate surface area is 125 Å². The first-order valence-corrected chi connectivity index (χ1v) is 8.07. The van der Waals surface area contributed by atoms with Crippen molar-refractivity contribution in [1.82, 2.24) is 9.80 Å². The number of carboxylic acid groups (broad SMARTS) is 1. The number of allylic oxidation sites excluding steroid dienone is 2. The molecule has 2 saturated heterocycles. The van der Waals surface area contributed by atoms with Gasteiger partial charge in [-0.3, -0.25) is 14.5 Å². The second-order valence-corrected chi connectivity index (χ2v) is 6.46. The van der Waals surface area contributed by atoms with Gasteiger partial charge in [0.15, 0.2) is 0 Å². The molecule has 5 nitrogen and oxygen atoms in total. The predicted octanol–water partition coefficient (Wildman–Crippen LogP) is 1.35. The number of piperidine rings is 1. The summed E-state index contributed by atoms with van der Waals surface area (Å²) in [6, 6.07) is 0.485. The van der Waals surface area contributed by atoms with E-state index in [9.17, 15) is 14.7 Å². The molecule has 1 amide bonds. The number of rotatable bonds is 2. The van der Waals surface area contributed by atoms with Crippen molar-refractivity contribution in [1.29, 1.82) is 0 Å². The lowest BCUT2D eigenvalue weighted by Crippen LogP contribution is -2.57. The van der Waals surface area contributed by atoms with Gasteiger partial charge in [0.1, 0.15) is 0 Å². The largest absolute Gasteiger partial charge is 0.481 e. The van der Waals surface area contributed by atoms with Crippen LogP contribution in [0.3, 0.4) is 0 Å². The van der Waals surface area contributed by atoms with Gasteiger partial charge in [-0.25, -0.2) is 0 Å². The Hall–Kier alpha value is -1.36. The molecule has 0 aromatic carbocycles. The molecule has 0 bridgehead atoms. The highest BCUT2D eigenvalue weighted by atomic mass is 16.4. The maximum atomic E-state index is 12.8. The summed E-state index contributed by atoms with van der Waals surface area (Å²) < 4.78 is 0. The van der Waals surface area contributed by atoms with E-state index in [2.05, 4.69) is 4.90 Å². The molecule has 0 spiro atoms. The summed E-state index contributed by atoms with van der Waals surface area (Å²) in [6.07, 6.45) is 8.57. The van der Waals surface area contributed by atoms with Gasteiger partial charge in [-0.05, 0) is 32.2 Å². The molecule has 3 aliphatic rings. The first-order valence-electron chi connectivity index (χ1n) is 8.07. The smallest absolute Gasteiger partial charge is 0.307 e. The standard InChI is InChI=1S/C16H24N2O3/c19-15(13-6-1-2-7-14(13)16(20)21)18-10-9-17-8-4-3-5-12(17)11-18/h1-2,12-14H,3-11H2,(H,20,21). The molecule has 0 radical (unpaired) electrons. The zero-order valence-electron chi connectivity index (χ0n) is 12.4. The zero-order valence-corrected chi connectivity index (χ0v) is 12.4. The van der Waals surface area contributed by atoms with Crippen molar-refractivity contribution in [2.24, 2.45) is 11.8 Å². The van der Waals surface area contributed by atoms with Crippen LogP contribution in [-0.4, -0.2) is 59.0 Å². The fourth-order valence-corrected chi connectivity index (χ4v) is 3.95. The van der Waals surface area contributed by atoms with Crippen LogP contribution >= 0.6 is 0 Å². The van der Waals surface area contributed by atoms with Gasteiger partial charge in [-0.15, -0.1) is 0 Å². The van der Waals surface area contributed by atoms with Gasteiger partial charge in [0.2, 0.25) is 5.91 Å². The van der Waals surface area contributed by atoms with E-state index >= 15 is 0 Å². The van der Waals surface area contributed by atoms with E-state index in [1.165, 1.54) is 12.8 Å². The fraction of sp³-hybridized carbons (Fsp3) is 0.750. The minimum Gasteiger partial charge on any atom is -0.481 e. The van der Waals surface area contributed by atoms with E-state index in [0.717, 1.165) is 32.6 Å². The molecular formula is C16H24N2O3. The monoisotopic (exact) mass is 292 g/mol. The number of carboxylic acids is 1. The average molecular weight is 292 g/mol. The maximum Gasteiger partial charge on any atom is 0.307 e. The third-order valence-electron chi connectivity index (χ3n) is 5.22. The maximum absolute atomic E-state index is 12.8. The molecule has 2 fully saturated rings. The van der Waals surface area contributed by atoms with Crippen LogP contribution in [0, 0.1) is 11.8 Å². The topological polar surface area (TPSA) is 60.9 Å². The fourth-order valence-electron chi connectivity index (χ4n) is 3.95. The summed E-state index contributed by atoms with van der Waals surface area (Å²) in [5.41, 5.74) is 0. The van der Waals surface area contributed by atoms with E-state index in [1.54, 1.807) is 0 Å². The third-order valence-corrected chi connectivity index (χ3v) is 5.22. The lowest BCUT2D eigenvalue weighted by atomic mass is 9.81. The van der Waals surface area contributed by atoms with E-state index < -0.39 is 11.9 Å². The number of aliphatic carboxylic acids is 1. The van der Waals surface area contributed by atoms with E-state index in [-0.39, 0.29) is 11.8 Å². The van der Waals surface area contributed by atoms with Crippen molar-refractivity contribution in [2.75, 3.05) is 26.2 Å². The summed E-state index contributed by atoms with van der Waals surface area (Å²) in [4.78, 5) is 28.5. The number of piperazine rings is 1. The number of nitrogens with zero attached hydrogens (tertiary/aromatic N) is 2. The summed E-state index contributed by atoms with van der Waals surface area (Å²) >= 11 is 0. The highest BCUT2D eigenvalue weighted by Crippen LogP contribution is 2.29. The van der Waals surface area contributed by atoms with Gasteiger partial charge in [0, 0.05) is 25.7 Å². The minimum absolute atomic E-state index is 0.0528. The van der Waals surface area contributed by atoms with Gasteiger partial charge in [-0.2, -0.15) is 0 Å². The number of carbonyl (C=O) groups is 2. The first-order chi connectivity index (χ1) is 10.2. The van der Waals surface area contributed by atoms with Crippen LogP contribution in [0.25, 0.3) is 0 Å². The molecule has 2 aliphatic heterocycles. The van der Waals surface area contributed by atoms with Crippen molar-refractivity contribution >= 4 is 11.9 Å². The number of hydrogen-bond donors (Lipinski definition) is 1. The van der Waals surface area contributed by atoms with E-state index in [0.29, 0.717) is 18.9 Å². The van der Waals surface area contributed by atoms with E-state index in [1.807, 2.05) is 17.1 Å². The number of carbonyl (C=O) groups excluding carboxylic acids is 1. The Morgan fingerprint density at radius 1 is 1.00 bits per heavy atom. The molecule has 3 unspecified atom stereocenters. The molecule has 2 heterocycles. The zero-order chi connectivity index (χ0) is 14.8. The quantitative estimate of drug-likeness (QED) is 0.781. The Morgan fingerprint density at radius 2 is 1.76 bits per heavy atom. The van der Waals surface area contributed by atoms with Crippen LogP contribution in [0.5, 0.6) is 0 Å². The van der Waals surface area contributed by atoms with Gasteiger partial charge < -0.3 is 10.0 Å². The average Bonchev–Trinajstić information content (AvgIpc) is 2.53. The minimum atomic E-state index is -0.839. The molecule has 5 heteroatoms. The van der Waals surface area contributed by atoms with Crippen molar-refractivity contribution in [3.63, 3.8) is 0 Å². The van der Waals surface area contributed by atoms with Gasteiger partial charge in [0.05, 0.1) is 11.8 Å². The van der Waals surface area contributed by atoms with Gasteiger partial charge in [0.25, 0.3) is 0 Å². The van der Waals surface area contributed by atoms with Crippen LogP contribution in [0.2, 0.25) is 0 Å². The Bertz CT molecular complexity index is 449. The van der Waals surface area contributed by atoms with Crippen molar-refractivity contribution in [3.8, 4) is 0 Å². The number of fused-ring (bicyclic) bond motifs is 1. The lowest BCUT2D eigenvalue weighted by Gasteiger charge is -2.45. The summed E-state index contributed by atoms with van der Waals surface area (Å²) in [7, 11) is 0. The normalized spacial score (nSPS) is 33.5. The third kappa shape index (κ3) is 2.98. The summed E-state index contributed by atoms with van der Waals surface area (Å²) in [6.45, 7) is 3.63. The molecule has 1 aliphatic carbocycles. The van der Waals surface area contributed by atoms with Crippen LogP contribution < -0.4 is 0 Å². The molecule has 0 aromatic rings. The molecule has 3 rings (SSSR count). The van der Waals surface area contributed by atoms with Crippen LogP contribution in [-0.2, 0) is 9.59 Å². The molecule has 3 atom stereocenters. The second-order valence-electron chi connectivity index (χ2n) is 6.46. The highest BCUT2D eigenvalue weighted by Gasteiger charge is 2.39. The number of amides is 1. The molecular weight excluding hydrogens is 268 g/mol. The van der Waals surface area contributed by atoms with Gasteiger partial charge in [-0.1, -0.05) is 18.6 Å².